The predicted octanol–water partition coefficient (Wildman–Crippen LogP) is 3.92. The van der Waals surface area contributed by atoms with Gasteiger partial charge in [-0.2, -0.15) is 0 Å². The first-order valence-electron chi connectivity index (χ1n) is 12.7. The lowest BCUT2D eigenvalue weighted by atomic mass is 9.40. The number of aliphatic hydroxyl groups is 1. The molecule has 2 unspecified atom stereocenters. The third-order valence-electron chi connectivity index (χ3n) is 10.2. The summed E-state index contributed by atoms with van der Waals surface area (Å²) in [5, 5.41) is 11.5. The van der Waals surface area contributed by atoms with Crippen LogP contribution in [0.25, 0.3) is 0 Å². The second kappa shape index (κ2) is 8.12. The van der Waals surface area contributed by atoms with Gasteiger partial charge in [-0.25, -0.2) is 0 Å². The Hall–Kier alpha value is -2.28. The summed E-state index contributed by atoms with van der Waals surface area (Å²) in [6, 6.07) is 0. The lowest BCUT2D eigenvalue weighted by Gasteiger charge is -2.63. The van der Waals surface area contributed by atoms with Crippen LogP contribution < -0.4 is 0 Å². The van der Waals surface area contributed by atoms with Gasteiger partial charge in [-0.3, -0.25) is 9.59 Å². The minimum atomic E-state index is -0.840. The van der Waals surface area contributed by atoms with Crippen LogP contribution in [0.3, 0.4) is 0 Å². The number of aliphatic hydroxyl groups excluding tert-OH is 1. The molecule has 7 nitrogen and oxygen atoms in total. The van der Waals surface area contributed by atoms with Gasteiger partial charge in [-0.15, -0.1) is 0 Å². The maximum atomic E-state index is 14.0. The van der Waals surface area contributed by atoms with Gasteiger partial charge in [-0.05, 0) is 48.2 Å². The van der Waals surface area contributed by atoms with E-state index in [1.165, 1.54) is 12.7 Å². The monoisotopic (exact) mass is 486 g/mol. The van der Waals surface area contributed by atoms with E-state index in [1.54, 1.807) is 13.4 Å². The zero-order valence-corrected chi connectivity index (χ0v) is 21.6. The summed E-state index contributed by atoms with van der Waals surface area (Å²) in [6.45, 7) is 8.83. The molecule has 8 atom stereocenters. The zero-order valence-electron chi connectivity index (χ0n) is 21.6. The molecule has 5 rings (SSSR count). The summed E-state index contributed by atoms with van der Waals surface area (Å²) in [5.41, 5.74) is 0.723. The molecule has 5 aliphatic rings. The minimum absolute atomic E-state index is 0.0146. The standard InChI is InChI=1S/C28H38O7/c1-26(2)20(13-21(29)32-5)28(4)18-7-9-27(3)19(16(18)11-17(23(26)30)24(28)31)12-22(33-6)35-25(27)15-8-10-34-14-15/h8,10,12,15,17-18,20,23,25,30H,7,9,11,13-14H2,1-6H3/t15?,17-,18?,20-,23-,25-,27+,28+/m0/s1. The van der Waals surface area contributed by atoms with Crippen molar-refractivity contribution in [2.75, 3.05) is 20.8 Å². The number of carbonyl (C=O) groups is 2. The van der Waals surface area contributed by atoms with Crippen molar-refractivity contribution in [2.45, 2.75) is 65.6 Å². The molecule has 2 bridgehead atoms. The first kappa shape index (κ1) is 24.4. The molecule has 2 saturated carbocycles. The summed E-state index contributed by atoms with van der Waals surface area (Å²) >= 11 is 0. The predicted molar refractivity (Wildman–Crippen MR) is 128 cm³/mol. The Morgan fingerprint density at radius 1 is 1.23 bits per heavy atom. The van der Waals surface area contributed by atoms with Gasteiger partial charge in [0, 0.05) is 29.2 Å². The molecule has 7 heteroatoms. The van der Waals surface area contributed by atoms with Crippen LogP contribution in [0.5, 0.6) is 0 Å². The topological polar surface area (TPSA) is 91.3 Å². The Morgan fingerprint density at radius 3 is 2.60 bits per heavy atom. The fraction of sp³-hybridized carbons (Fsp3) is 0.714. The number of allylic oxidation sites excluding steroid dienone is 2. The van der Waals surface area contributed by atoms with Gasteiger partial charge in [0.2, 0.25) is 0 Å². The van der Waals surface area contributed by atoms with Crippen LogP contribution in [0.4, 0.5) is 0 Å². The molecule has 0 radical (unpaired) electrons. The summed E-state index contributed by atoms with van der Waals surface area (Å²) in [6.07, 6.45) is 7.11. The largest absolute Gasteiger partial charge is 0.501 e. The van der Waals surface area contributed by atoms with Crippen molar-refractivity contribution in [2.24, 2.45) is 39.9 Å². The molecule has 0 aromatic heterocycles. The second-order valence-electron chi connectivity index (χ2n) is 12.0. The van der Waals surface area contributed by atoms with Crippen molar-refractivity contribution in [3.8, 4) is 0 Å². The van der Waals surface area contributed by atoms with Crippen LogP contribution in [0.15, 0.2) is 35.5 Å². The highest BCUT2D eigenvalue weighted by atomic mass is 16.7. The molecule has 192 valence electrons. The fourth-order valence-corrected chi connectivity index (χ4v) is 8.21. The number of hydrogen-bond acceptors (Lipinski definition) is 7. The smallest absolute Gasteiger partial charge is 0.305 e. The van der Waals surface area contributed by atoms with Crippen molar-refractivity contribution < 1.29 is 33.6 Å². The van der Waals surface area contributed by atoms with E-state index in [1.807, 2.05) is 26.8 Å². The SMILES string of the molecule is COC(=O)C[C@H]1C(C)(C)[C@@H](O)[C@@H]2CC3=C4C=C(OC)O[C@@H](C5C=COC5)[C@]4(C)CCC3[C@@]1(C)C2=O. The van der Waals surface area contributed by atoms with Gasteiger partial charge in [0.05, 0.1) is 39.1 Å². The maximum absolute atomic E-state index is 14.0. The fourth-order valence-electron chi connectivity index (χ4n) is 8.21. The lowest BCUT2D eigenvalue weighted by Crippen LogP contribution is -2.66. The summed E-state index contributed by atoms with van der Waals surface area (Å²) in [4.78, 5) is 26.5. The summed E-state index contributed by atoms with van der Waals surface area (Å²) in [7, 11) is 2.99. The number of ketones is 1. The van der Waals surface area contributed by atoms with E-state index in [-0.39, 0.29) is 47.4 Å². The van der Waals surface area contributed by atoms with Crippen LogP contribution in [0.1, 0.15) is 53.4 Å². The van der Waals surface area contributed by atoms with E-state index in [9.17, 15) is 14.7 Å². The van der Waals surface area contributed by atoms with Gasteiger partial charge in [0.25, 0.3) is 5.95 Å². The van der Waals surface area contributed by atoms with Crippen LogP contribution in [0.2, 0.25) is 0 Å². The van der Waals surface area contributed by atoms with E-state index < -0.39 is 22.9 Å². The van der Waals surface area contributed by atoms with Crippen molar-refractivity contribution in [3.63, 3.8) is 0 Å². The summed E-state index contributed by atoms with van der Waals surface area (Å²) < 4.78 is 22.5. The number of rotatable bonds is 4. The highest BCUT2D eigenvalue weighted by molar-refractivity contribution is 5.92. The third-order valence-corrected chi connectivity index (χ3v) is 10.2. The number of Topliss-reactive ketones (excluding diaryl/α,β-unsaturated/α-hetero) is 1. The number of esters is 1. The van der Waals surface area contributed by atoms with Gasteiger partial charge < -0.3 is 24.1 Å². The van der Waals surface area contributed by atoms with E-state index in [4.69, 9.17) is 18.9 Å². The molecular weight excluding hydrogens is 448 g/mol. The van der Waals surface area contributed by atoms with Gasteiger partial charge in [0.15, 0.2) is 0 Å². The van der Waals surface area contributed by atoms with Crippen molar-refractivity contribution in [1.29, 1.82) is 0 Å². The van der Waals surface area contributed by atoms with Crippen molar-refractivity contribution in [1.82, 2.24) is 0 Å². The molecule has 2 aliphatic heterocycles. The first-order chi connectivity index (χ1) is 16.5. The molecule has 0 aromatic carbocycles. The van der Waals surface area contributed by atoms with Gasteiger partial charge >= 0.3 is 5.97 Å². The Balaban J connectivity index is 1.67. The Bertz CT molecular complexity index is 1020. The highest BCUT2D eigenvalue weighted by Crippen LogP contribution is 2.66. The van der Waals surface area contributed by atoms with Gasteiger partial charge in [-0.1, -0.05) is 33.3 Å². The maximum Gasteiger partial charge on any atom is 0.305 e. The molecule has 0 aromatic rings. The van der Waals surface area contributed by atoms with E-state index in [0.717, 1.165) is 18.4 Å². The van der Waals surface area contributed by atoms with Crippen LogP contribution >= 0.6 is 0 Å². The van der Waals surface area contributed by atoms with E-state index in [0.29, 0.717) is 19.0 Å². The Kier molecular flexibility index (Phi) is 5.66. The molecule has 1 N–H and O–H groups in total. The molecule has 2 fully saturated rings. The van der Waals surface area contributed by atoms with Crippen LogP contribution in [0, 0.1) is 39.9 Å². The van der Waals surface area contributed by atoms with E-state index >= 15 is 0 Å². The number of methoxy groups -OCH3 is 2. The van der Waals surface area contributed by atoms with Gasteiger partial charge in [0.1, 0.15) is 11.9 Å². The Labute approximate surface area is 207 Å². The number of hydrogen-bond donors (Lipinski definition) is 1. The normalized spacial score (nSPS) is 43.4. The average molecular weight is 487 g/mol. The van der Waals surface area contributed by atoms with Crippen molar-refractivity contribution in [3.05, 3.63) is 35.5 Å². The molecule has 35 heavy (non-hydrogen) atoms. The first-order valence-corrected chi connectivity index (χ1v) is 12.7. The molecule has 0 spiro atoms. The minimum Gasteiger partial charge on any atom is -0.501 e. The quantitative estimate of drug-likeness (QED) is 0.602. The third kappa shape index (κ3) is 3.26. The van der Waals surface area contributed by atoms with Crippen LogP contribution in [-0.2, 0) is 28.5 Å². The Morgan fingerprint density at radius 2 is 1.97 bits per heavy atom. The average Bonchev–Trinajstić information content (AvgIpc) is 3.36. The molecule has 0 amide bonds. The highest BCUT2D eigenvalue weighted by Gasteiger charge is 2.67. The number of ether oxygens (including phenoxy) is 4. The lowest BCUT2D eigenvalue weighted by molar-refractivity contribution is -0.185. The second-order valence-corrected chi connectivity index (χ2v) is 12.0. The zero-order chi connectivity index (χ0) is 25.3. The number of carbonyl (C=O) groups excluding carboxylic acids is 2. The molecule has 0 saturated heterocycles. The van der Waals surface area contributed by atoms with Crippen LogP contribution in [-0.4, -0.2) is 49.9 Å². The van der Waals surface area contributed by atoms with Crippen molar-refractivity contribution >= 4 is 11.8 Å². The summed E-state index contributed by atoms with van der Waals surface area (Å²) in [5.74, 6) is -0.538. The van der Waals surface area contributed by atoms with E-state index in [2.05, 4.69) is 13.0 Å². The number of fused-ring (bicyclic) bond motifs is 5. The molecule has 2 heterocycles. The molecule has 3 aliphatic carbocycles. The molecular formula is C28H38O7.